The Hall–Kier alpha value is -4.62. The zero-order chi connectivity index (χ0) is 30.9. The number of benzene rings is 1. The predicted octanol–water partition coefficient (Wildman–Crippen LogP) is 2.46. The minimum Gasteiger partial charge on any atom is -0.368 e. The van der Waals surface area contributed by atoms with Gasteiger partial charge in [-0.1, -0.05) is 0 Å². The minimum atomic E-state index is -0.254. The third kappa shape index (κ3) is 6.89. The Morgan fingerprint density at radius 3 is 2.16 bits per heavy atom. The van der Waals surface area contributed by atoms with Gasteiger partial charge in [0.1, 0.15) is 12.1 Å². The van der Waals surface area contributed by atoms with E-state index in [1.54, 1.807) is 6.92 Å². The molecular formula is C29H42N12O2. The molecule has 2 fully saturated rings. The molecule has 2 aromatic heterocycles. The first kappa shape index (κ1) is 29.9. The minimum absolute atomic E-state index is 0.0206. The van der Waals surface area contributed by atoms with Crippen LogP contribution in [-0.2, 0) is 4.79 Å². The topological polar surface area (TPSA) is 154 Å². The van der Waals surface area contributed by atoms with Crippen molar-refractivity contribution in [3.8, 4) is 5.82 Å². The maximum Gasteiger partial charge on any atom is 0.317 e. The number of nitrogens with two attached hydrogens (primary N) is 1. The lowest BCUT2D eigenvalue weighted by molar-refractivity contribution is -0.133. The van der Waals surface area contributed by atoms with E-state index in [1.165, 1.54) is 11.0 Å². The number of nitrogens with zero attached hydrogens (tertiary/aromatic N) is 9. The predicted molar refractivity (Wildman–Crippen MR) is 167 cm³/mol. The van der Waals surface area contributed by atoms with Crippen LogP contribution in [0.25, 0.3) is 5.82 Å². The van der Waals surface area contributed by atoms with Gasteiger partial charge in [0.2, 0.25) is 17.8 Å². The maximum atomic E-state index is 12.5. The van der Waals surface area contributed by atoms with Gasteiger partial charge in [-0.2, -0.15) is 9.67 Å². The highest BCUT2D eigenvalue weighted by molar-refractivity contribution is 5.75. The molecule has 14 nitrogen and oxygen atoms in total. The third-order valence-electron chi connectivity index (χ3n) is 7.63. The van der Waals surface area contributed by atoms with Crippen molar-refractivity contribution in [3.63, 3.8) is 0 Å². The van der Waals surface area contributed by atoms with Crippen molar-refractivity contribution in [2.75, 3.05) is 60.1 Å². The molecule has 3 amide bonds. The molecule has 5 rings (SSSR count). The van der Waals surface area contributed by atoms with Crippen LogP contribution in [0.4, 0.5) is 33.9 Å². The highest BCUT2D eigenvalue weighted by Crippen LogP contribution is 2.25. The molecule has 2 aliphatic heterocycles. The second-order valence-corrected chi connectivity index (χ2v) is 12.3. The summed E-state index contributed by atoms with van der Waals surface area (Å²) in [5.74, 6) is 1.86. The van der Waals surface area contributed by atoms with Gasteiger partial charge in [-0.05, 0) is 58.9 Å². The number of piperazine rings is 2. The summed E-state index contributed by atoms with van der Waals surface area (Å²) in [5.41, 5.74) is 7.88. The van der Waals surface area contributed by atoms with Gasteiger partial charge in [-0.25, -0.2) is 14.8 Å². The molecule has 2 atom stereocenters. The second-order valence-electron chi connectivity index (χ2n) is 12.3. The molecule has 1 aromatic carbocycles. The molecule has 2 saturated heterocycles. The number of carbonyl (C=O) groups is 2. The zero-order valence-electron chi connectivity index (χ0n) is 25.8. The summed E-state index contributed by atoms with van der Waals surface area (Å²) in [5, 5.41) is 10.8. The van der Waals surface area contributed by atoms with E-state index in [-0.39, 0.29) is 35.5 Å². The Bertz CT molecular complexity index is 1430. The van der Waals surface area contributed by atoms with Crippen LogP contribution < -0.4 is 26.2 Å². The Balaban J connectivity index is 1.21. The van der Waals surface area contributed by atoms with Crippen molar-refractivity contribution < 1.29 is 9.59 Å². The fourth-order valence-corrected chi connectivity index (χ4v) is 5.75. The van der Waals surface area contributed by atoms with Gasteiger partial charge in [0, 0.05) is 81.3 Å². The van der Waals surface area contributed by atoms with Crippen LogP contribution in [0.15, 0.2) is 36.7 Å². The Labute approximate surface area is 252 Å². The largest absolute Gasteiger partial charge is 0.368 e. The van der Waals surface area contributed by atoms with Gasteiger partial charge in [-0.15, -0.1) is 5.10 Å². The average Bonchev–Trinajstić information content (AvgIpc) is 3.31. The number of rotatable bonds is 5. The summed E-state index contributed by atoms with van der Waals surface area (Å²) in [7, 11) is 0. The molecule has 2 aliphatic rings. The molecule has 0 spiro atoms. The van der Waals surface area contributed by atoms with Gasteiger partial charge in [0.15, 0.2) is 5.82 Å². The SMILES string of the molecule is CC(=O)N1[C@H](C)CN(c2cc(-n3nc(Nc4ccc(N5CCN(C(=O)NC(C)(C)C)CC5)cc4)nc3N)ncn2)C[C@@H]1C. The first-order chi connectivity index (χ1) is 20.4. The van der Waals surface area contributed by atoms with Crippen molar-refractivity contribution in [3.05, 3.63) is 36.7 Å². The normalized spacial score (nSPS) is 19.4. The van der Waals surface area contributed by atoms with Crippen molar-refractivity contribution in [2.24, 2.45) is 0 Å². The fraction of sp³-hybridized carbons (Fsp3) is 0.517. The summed E-state index contributed by atoms with van der Waals surface area (Å²) in [6, 6.07) is 9.95. The van der Waals surface area contributed by atoms with E-state index in [2.05, 4.69) is 40.5 Å². The van der Waals surface area contributed by atoms with Crippen LogP contribution in [0.3, 0.4) is 0 Å². The molecule has 0 saturated carbocycles. The smallest absolute Gasteiger partial charge is 0.317 e. The van der Waals surface area contributed by atoms with Crippen molar-refractivity contribution >= 4 is 41.0 Å². The molecule has 43 heavy (non-hydrogen) atoms. The summed E-state index contributed by atoms with van der Waals surface area (Å²) < 4.78 is 1.48. The Kier molecular flexibility index (Phi) is 8.29. The molecule has 0 aliphatic carbocycles. The molecule has 4 N–H and O–H groups in total. The van der Waals surface area contributed by atoms with E-state index in [0.29, 0.717) is 37.9 Å². The molecule has 3 aromatic rings. The quantitative estimate of drug-likeness (QED) is 0.404. The number of aromatic nitrogens is 5. The zero-order valence-corrected chi connectivity index (χ0v) is 25.8. The summed E-state index contributed by atoms with van der Waals surface area (Å²) in [6.07, 6.45) is 1.49. The van der Waals surface area contributed by atoms with Crippen LogP contribution in [0.5, 0.6) is 0 Å². The highest BCUT2D eigenvalue weighted by atomic mass is 16.2. The Morgan fingerprint density at radius 2 is 1.56 bits per heavy atom. The lowest BCUT2D eigenvalue weighted by Crippen LogP contribution is -2.58. The van der Waals surface area contributed by atoms with Crippen molar-refractivity contribution in [2.45, 2.75) is 59.2 Å². The lowest BCUT2D eigenvalue weighted by Gasteiger charge is -2.44. The summed E-state index contributed by atoms with van der Waals surface area (Å²) in [4.78, 5) is 46.0. The number of urea groups is 1. The first-order valence-electron chi connectivity index (χ1n) is 14.7. The van der Waals surface area contributed by atoms with Gasteiger partial charge >= 0.3 is 6.03 Å². The maximum absolute atomic E-state index is 12.5. The highest BCUT2D eigenvalue weighted by Gasteiger charge is 2.32. The molecule has 0 radical (unpaired) electrons. The van der Waals surface area contributed by atoms with Gasteiger partial charge in [0.25, 0.3) is 0 Å². The van der Waals surface area contributed by atoms with E-state index < -0.39 is 0 Å². The molecule has 14 heteroatoms. The second kappa shape index (κ2) is 11.9. The standard InChI is InChI=1S/C29H42N12O2/c1-19-16-39(17-20(2)40(19)21(3)42)24-15-25(32-18-31-24)41-26(30)34-27(36-41)33-22-7-9-23(10-8-22)37-11-13-38(14-12-37)28(43)35-29(4,5)6/h7-10,15,18-20H,11-14,16-17H2,1-6H3,(H,35,43)(H3,30,33,34,36)/t19-,20+. The van der Waals surface area contributed by atoms with Gasteiger partial charge in [0.05, 0.1) is 0 Å². The number of hydrogen-bond donors (Lipinski definition) is 3. The van der Waals surface area contributed by atoms with E-state index in [9.17, 15) is 9.59 Å². The van der Waals surface area contributed by atoms with E-state index in [4.69, 9.17) is 5.73 Å². The van der Waals surface area contributed by atoms with Crippen LogP contribution in [0, 0.1) is 0 Å². The molecule has 0 bridgehead atoms. The number of carbonyl (C=O) groups excluding carboxylic acids is 2. The summed E-state index contributed by atoms with van der Waals surface area (Å²) in [6.45, 7) is 15.8. The van der Waals surface area contributed by atoms with E-state index in [1.807, 2.05) is 74.8 Å². The first-order valence-corrected chi connectivity index (χ1v) is 14.7. The van der Waals surface area contributed by atoms with Crippen LogP contribution >= 0.6 is 0 Å². The third-order valence-corrected chi connectivity index (χ3v) is 7.63. The number of nitrogens with one attached hydrogen (secondary N) is 2. The van der Waals surface area contributed by atoms with Crippen molar-refractivity contribution in [1.82, 2.24) is 39.8 Å². The van der Waals surface area contributed by atoms with Crippen LogP contribution in [0.1, 0.15) is 41.5 Å². The lowest BCUT2D eigenvalue weighted by atomic mass is 10.1. The van der Waals surface area contributed by atoms with Crippen molar-refractivity contribution in [1.29, 1.82) is 0 Å². The molecule has 4 heterocycles. The Morgan fingerprint density at radius 1 is 0.930 bits per heavy atom. The number of amides is 3. The molecule has 0 unspecified atom stereocenters. The molecular weight excluding hydrogens is 548 g/mol. The monoisotopic (exact) mass is 590 g/mol. The fourth-order valence-electron chi connectivity index (χ4n) is 5.75. The summed E-state index contributed by atoms with van der Waals surface area (Å²) >= 11 is 0. The van der Waals surface area contributed by atoms with Gasteiger partial charge in [-0.3, -0.25) is 4.79 Å². The average molecular weight is 591 g/mol. The molecule has 230 valence electrons. The van der Waals surface area contributed by atoms with Gasteiger partial charge < -0.3 is 36.0 Å². The van der Waals surface area contributed by atoms with E-state index >= 15 is 0 Å². The van der Waals surface area contributed by atoms with Crippen LogP contribution in [0.2, 0.25) is 0 Å². The van der Waals surface area contributed by atoms with E-state index in [0.717, 1.165) is 30.3 Å². The number of nitrogen functional groups attached to an aromatic ring is 1. The number of hydrogen-bond acceptors (Lipinski definition) is 10. The number of anilines is 5. The van der Waals surface area contributed by atoms with Crippen LogP contribution in [-0.4, -0.2) is 103 Å².